The molecule has 108 valence electrons. The number of fused-ring (bicyclic) bond motifs is 1. The first-order valence-electron chi connectivity index (χ1n) is 7.39. The number of hydrogen-bond donors (Lipinski definition) is 1. The van der Waals surface area contributed by atoms with Crippen LogP contribution in [-0.4, -0.2) is 35.0 Å². The fourth-order valence-electron chi connectivity index (χ4n) is 3.05. The van der Waals surface area contributed by atoms with E-state index in [9.17, 15) is 4.79 Å². The Bertz CT molecular complexity index is 524. The highest BCUT2D eigenvalue weighted by Gasteiger charge is 2.26. The molecule has 5 nitrogen and oxygen atoms in total. The summed E-state index contributed by atoms with van der Waals surface area (Å²) in [6.07, 6.45) is 3.95. The Kier molecular flexibility index (Phi) is 3.70. The van der Waals surface area contributed by atoms with Crippen LogP contribution in [0.25, 0.3) is 0 Å². The molecule has 1 fully saturated rings. The third kappa shape index (κ3) is 2.68. The second-order valence-corrected chi connectivity index (χ2v) is 5.91. The molecule has 0 spiro atoms. The van der Waals surface area contributed by atoms with Crippen LogP contribution in [0.1, 0.15) is 47.9 Å². The summed E-state index contributed by atoms with van der Waals surface area (Å²) in [5.74, 6) is 1.18. The Morgan fingerprint density at radius 3 is 2.95 bits per heavy atom. The van der Waals surface area contributed by atoms with Gasteiger partial charge in [-0.3, -0.25) is 4.79 Å². The number of carbonyl (C=O) groups is 1. The molecule has 1 aromatic rings. The number of ether oxygens (including phenoxy) is 1. The van der Waals surface area contributed by atoms with Gasteiger partial charge in [0.1, 0.15) is 0 Å². The molecule has 2 aliphatic rings. The molecule has 20 heavy (non-hydrogen) atoms. The van der Waals surface area contributed by atoms with Crippen molar-refractivity contribution >= 4 is 11.7 Å². The first kappa shape index (κ1) is 13.5. The molecular weight excluding hydrogens is 254 g/mol. The second-order valence-electron chi connectivity index (χ2n) is 5.91. The lowest BCUT2D eigenvalue weighted by atomic mass is 9.86. The molecule has 0 saturated carbocycles. The molecule has 1 aromatic heterocycles. The van der Waals surface area contributed by atoms with Gasteiger partial charge in [0.25, 0.3) is 0 Å². The molecule has 2 heterocycles. The molecular formula is C15H21N3O2. The molecule has 1 aliphatic carbocycles. The van der Waals surface area contributed by atoms with Crippen LogP contribution in [0.15, 0.2) is 0 Å². The molecule has 0 radical (unpaired) electrons. The third-order valence-electron chi connectivity index (χ3n) is 4.03. The molecule has 0 unspecified atom stereocenters. The highest BCUT2D eigenvalue weighted by molar-refractivity contribution is 5.99. The zero-order valence-electron chi connectivity index (χ0n) is 12.1. The molecule has 0 bridgehead atoms. The summed E-state index contributed by atoms with van der Waals surface area (Å²) in [5, 5.41) is 3.25. The maximum atomic E-state index is 12.1. The van der Waals surface area contributed by atoms with E-state index in [0.29, 0.717) is 18.3 Å². The molecule has 1 saturated heterocycles. The summed E-state index contributed by atoms with van der Waals surface area (Å²) in [4.78, 5) is 21.0. The van der Waals surface area contributed by atoms with Crippen molar-refractivity contribution in [2.75, 3.05) is 18.5 Å². The van der Waals surface area contributed by atoms with Crippen molar-refractivity contribution in [1.82, 2.24) is 9.97 Å². The Hall–Kier alpha value is -1.49. The van der Waals surface area contributed by atoms with E-state index in [1.165, 1.54) is 0 Å². The average molecular weight is 275 g/mol. The van der Waals surface area contributed by atoms with E-state index >= 15 is 0 Å². The van der Waals surface area contributed by atoms with E-state index in [1.54, 1.807) is 0 Å². The van der Waals surface area contributed by atoms with E-state index in [4.69, 9.17) is 4.74 Å². The minimum Gasteiger partial charge on any atom is -0.376 e. The zero-order valence-corrected chi connectivity index (χ0v) is 12.1. The highest BCUT2D eigenvalue weighted by Crippen LogP contribution is 2.26. The largest absolute Gasteiger partial charge is 0.376 e. The van der Waals surface area contributed by atoms with Crippen molar-refractivity contribution in [2.24, 2.45) is 5.92 Å². The summed E-state index contributed by atoms with van der Waals surface area (Å²) in [6.45, 7) is 5.58. The standard InChI is InChI=1S/C15H21N3O2/c1-9-6-12-14(13(19)7-9)10(2)17-15(18-12)16-8-11-4-3-5-20-11/h9,11H,3-8H2,1-2H3,(H,16,17,18)/t9-,11-/m0/s1. The zero-order chi connectivity index (χ0) is 14.1. The van der Waals surface area contributed by atoms with Crippen LogP contribution >= 0.6 is 0 Å². The second kappa shape index (κ2) is 5.48. The number of aromatic nitrogens is 2. The van der Waals surface area contributed by atoms with Gasteiger partial charge < -0.3 is 10.1 Å². The van der Waals surface area contributed by atoms with Gasteiger partial charge in [0.2, 0.25) is 5.95 Å². The molecule has 0 aromatic carbocycles. The van der Waals surface area contributed by atoms with Gasteiger partial charge in [0.05, 0.1) is 23.1 Å². The topological polar surface area (TPSA) is 64.1 Å². The summed E-state index contributed by atoms with van der Waals surface area (Å²) in [6, 6.07) is 0. The number of hydrogen-bond acceptors (Lipinski definition) is 5. The number of rotatable bonds is 3. The first-order valence-corrected chi connectivity index (χ1v) is 7.39. The number of aryl methyl sites for hydroxylation is 1. The Labute approximate surface area is 119 Å². The van der Waals surface area contributed by atoms with Crippen molar-refractivity contribution in [3.05, 3.63) is 17.0 Å². The SMILES string of the molecule is Cc1nc(NC[C@@H]2CCCO2)nc2c1C(=O)C[C@@H](C)C2. The van der Waals surface area contributed by atoms with E-state index in [0.717, 1.165) is 49.4 Å². The van der Waals surface area contributed by atoms with Crippen LogP contribution < -0.4 is 5.32 Å². The minimum absolute atomic E-state index is 0.182. The van der Waals surface area contributed by atoms with Crippen LogP contribution in [0.5, 0.6) is 0 Å². The number of nitrogens with zero attached hydrogens (tertiary/aromatic N) is 2. The monoisotopic (exact) mass is 275 g/mol. The fourth-order valence-corrected chi connectivity index (χ4v) is 3.05. The lowest BCUT2D eigenvalue weighted by Gasteiger charge is -2.21. The van der Waals surface area contributed by atoms with Crippen LogP contribution in [-0.2, 0) is 11.2 Å². The summed E-state index contributed by atoms with van der Waals surface area (Å²) < 4.78 is 5.58. The van der Waals surface area contributed by atoms with Gasteiger partial charge in [0.15, 0.2) is 5.78 Å². The fraction of sp³-hybridized carbons (Fsp3) is 0.667. The number of ketones is 1. The summed E-state index contributed by atoms with van der Waals surface area (Å²) >= 11 is 0. The average Bonchev–Trinajstić information content (AvgIpc) is 2.88. The smallest absolute Gasteiger partial charge is 0.223 e. The number of anilines is 1. The van der Waals surface area contributed by atoms with Crippen LogP contribution in [0.4, 0.5) is 5.95 Å². The predicted molar refractivity (Wildman–Crippen MR) is 76.0 cm³/mol. The number of carbonyl (C=O) groups excluding carboxylic acids is 1. The van der Waals surface area contributed by atoms with E-state index in [2.05, 4.69) is 22.2 Å². The van der Waals surface area contributed by atoms with Crippen molar-refractivity contribution in [2.45, 2.75) is 45.6 Å². The lowest BCUT2D eigenvalue weighted by Crippen LogP contribution is -2.24. The molecule has 1 N–H and O–H groups in total. The van der Waals surface area contributed by atoms with E-state index in [-0.39, 0.29) is 11.9 Å². The third-order valence-corrected chi connectivity index (χ3v) is 4.03. The Balaban J connectivity index is 1.77. The van der Waals surface area contributed by atoms with Crippen LogP contribution in [0.3, 0.4) is 0 Å². The van der Waals surface area contributed by atoms with Gasteiger partial charge in [-0.15, -0.1) is 0 Å². The Morgan fingerprint density at radius 2 is 2.20 bits per heavy atom. The first-order chi connectivity index (χ1) is 9.63. The van der Waals surface area contributed by atoms with Crippen LogP contribution in [0.2, 0.25) is 0 Å². The molecule has 5 heteroatoms. The van der Waals surface area contributed by atoms with E-state index in [1.807, 2.05) is 6.92 Å². The molecule has 3 rings (SSSR count). The minimum atomic E-state index is 0.182. The van der Waals surface area contributed by atoms with Gasteiger partial charge in [0, 0.05) is 19.6 Å². The predicted octanol–water partition coefficient (Wildman–Crippen LogP) is 2.14. The molecule has 1 aliphatic heterocycles. The van der Waals surface area contributed by atoms with Crippen LogP contribution in [0, 0.1) is 12.8 Å². The summed E-state index contributed by atoms with van der Waals surface area (Å²) in [5.41, 5.74) is 2.43. The quantitative estimate of drug-likeness (QED) is 0.915. The highest BCUT2D eigenvalue weighted by atomic mass is 16.5. The van der Waals surface area contributed by atoms with Crippen molar-refractivity contribution in [3.8, 4) is 0 Å². The van der Waals surface area contributed by atoms with Gasteiger partial charge in [-0.2, -0.15) is 0 Å². The van der Waals surface area contributed by atoms with Gasteiger partial charge in [-0.05, 0) is 32.1 Å². The lowest BCUT2D eigenvalue weighted by molar-refractivity contribution is 0.0950. The Morgan fingerprint density at radius 1 is 1.35 bits per heavy atom. The maximum Gasteiger partial charge on any atom is 0.223 e. The van der Waals surface area contributed by atoms with Crippen molar-refractivity contribution in [3.63, 3.8) is 0 Å². The number of nitrogens with one attached hydrogen (secondary N) is 1. The van der Waals surface area contributed by atoms with Crippen molar-refractivity contribution in [1.29, 1.82) is 0 Å². The summed E-state index contributed by atoms with van der Waals surface area (Å²) in [7, 11) is 0. The van der Waals surface area contributed by atoms with Gasteiger partial charge >= 0.3 is 0 Å². The van der Waals surface area contributed by atoms with E-state index < -0.39 is 0 Å². The van der Waals surface area contributed by atoms with Gasteiger partial charge in [-0.25, -0.2) is 9.97 Å². The van der Waals surface area contributed by atoms with Crippen molar-refractivity contribution < 1.29 is 9.53 Å². The number of Topliss-reactive ketones (excluding diaryl/α,β-unsaturated/α-hetero) is 1. The normalized spacial score (nSPS) is 25.6. The maximum absolute atomic E-state index is 12.1. The van der Waals surface area contributed by atoms with Gasteiger partial charge in [-0.1, -0.05) is 6.92 Å². The molecule has 0 amide bonds. The molecule has 2 atom stereocenters.